The van der Waals surface area contributed by atoms with Gasteiger partial charge in [-0.15, -0.1) is 21.5 Å². The molecule has 6 nitrogen and oxygen atoms in total. The molecule has 4 rings (SSSR count). The van der Waals surface area contributed by atoms with Gasteiger partial charge in [-0.25, -0.2) is 0 Å². The Labute approximate surface area is 188 Å². The van der Waals surface area contributed by atoms with Crippen molar-refractivity contribution in [2.45, 2.75) is 24.3 Å². The molecule has 156 valence electrons. The zero-order valence-electron chi connectivity index (χ0n) is 17.0. The van der Waals surface area contributed by atoms with Crippen LogP contribution in [-0.4, -0.2) is 31.7 Å². The number of benzene rings is 2. The molecule has 8 heteroatoms. The highest BCUT2D eigenvalue weighted by molar-refractivity contribution is 8.00. The fourth-order valence-electron chi connectivity index (χ4n) is 2.97. The van der Waals surface area contributed by atoms with Gasteiger partial charge in [0.2, 0.25) is 5.91 Å². The first-order chi connectivity index (χ1) is 15.0. The molecule has 0 bridgehead atoms. The van der Waals surface area contributed by atoms with Crippen molar-refractivity contribution >= 4 is 40.5 Å². The molecule has 31 heavy (non-hydrogen) atoms. The van der Waals surface area contributed by atoms with E-state index in [0.717, 1.165) is 16.4 Å². The number of nitrogens with one attached hydrogen (secondary N) is 1. The minimum Gasteiger partial charge on any atom is -0.325 e. The van der Waals surface area contributed by atoms with Crippen LogP contribution in [0, 0.1) is 0 Å². The van der Waals surface area contributed by atoms with Crippen LogP contribution in [0.4, 0.5) is 5.69 Å². The first kappa shape index (κ1) is 21.0. The zero-order valence-corrected chi connectivity index (χ0v) is 18.6. The minimum atomic E-state index is -0.407. The third-order valence-electron chi connectivity index (χ3n) is 4.60. The SMILES string of the molecule is CC(=O)c1ccc(NC(=O)C(C)Sc2nnc(-c3cccs3)n2-c2ccccc2)cc1. The van der Waals surface area contributed by atoms with E-state index in [1.807, 2.05) is 59.3 Å². The molecular formula is C23H20N4O2S2. The van der Waals surface area contributed by atoms with Crippen LogP contribution in [0.2, 0.25) is 0 Å². The number of rotatable bonds is 7. The number of hydrogen-bond acceptors (Lipinski definition) is 6. The van der Waals surface area contributed by atoms with Gasteiger partial charge in [-0.05, 0) is 61.7 Å². The molecule has 1 amide bonds. The monoisotopic (exact) mass is 448 g/mol. The van der Waals surface area contributed by atoms with Gasteiger partial charge in [0, 0.05) is 16.9 Å². The Bertz CT molecular complexity index is 1190. The maximum atomic E-state index is 12.8. The van der Waals surface area contributed by atoms with Crippen molar-refractivity contribution in [3.05, 3.63) is 77.7 Å². The van der Waals surface area contributed by atoms with E-state index in [4.69, 9.17) is 0 Å². The predicted octanol–water partition coefficient (Wildman–Crippen LogP) is 5.32. The highest BCUT2D eigenvalue weighted by Gasteiger charge is 2.22. The molecule has 1 unspecified atom stereocenters. The topological polar surface area (TPSA) is 76.9 Å². The van der Waals surface area contributed by atoms with Crippen molar-refractivity contribution in [1.82, 2.24) is 14.8 Å². The van der Waals surface area contributed by atoms with Crippen LogP contribution in [0.15, 0.2) is 77.3 Å². The normalized spacial score (nSPS) is 11.8. The van der Waals surface area contributed by atoms with Crippen molar-refractivity contribution in [3.8, 4) is 16.4 Å². The summed E-state index contributed by atoms with van der Waals surface area (Å²) >= 11 is 2.94. The Morgan fingerprint density at radius 1 is 1.00 bits per heavy atom. The zero-order chi connectivity index (χ0) is 21.8. The number of carbonyl (C=O) groups excluding carboxylic acids is 2. The number of Topliss-reactive ketones (excluding diaryl/α,β-unsaturated/α-hetero) is 1. The summed E-state index contributed by atoms with van der Waals surface area (Å²) in [7, 11) is 0. The summed E-state index contributed by atoms with van der Waals surface area (Å²) in [6.07, 6.45) is 0. The van der Waals surface area contributed by atoms with Crippen molar-refractivity contribution in [1.29, 1.82) is 0 Å². The van der Waals surface area contributed by atoms with Crippen molar-refractivity contribution in [2.75, 3.05) is 5.32 Å². The van der Waals surface area contributed by atoms with Gasteiger partial charge in [0.1, 0.15) is 0 Å². The predicted molar refractivity (Wildman–Crippen MR) is 125 cm³/mol. The number of aromatic nitrogens is 3. The van der Waals surface area contributed by atoms with Crippen LogP contribution in [0.3, 0.4) is 0 Å². The van der Waals surface area contributed by atoms with E-state index in [2.05, 4.69) is 15.5 Å². The fraction of sp³-hybridized carbons (Fsp3) is 0.130. The average molecular weight is 449 g/mol. The molecule has 0 fully saturated rings. The van der Waals surface area contributed by atoms with Crippen molar-refractivity contribution in [3.63, 3.8) is 0 Å². The van der Waals surface area contributed by atoms with Gasteiger partial charge in [0.05, 0.1) is 10.1 Å². The van der Waals surface area contributed by atoms with E-state index in [1.54, 1.807) is 35.6 Å². The molecule has 2 aromatic carbocycles. The van der Waals surface area contributed by atoms with Crippen molar-refractivity contribution in [2.24, 2.45) is 0 Å². The second-order valence-corrected chi connectivity index (χ2v) is 9.09. The average Bonchev–Trinajstić information content (AvgIpc) is 3.44. The van der Waals surface area contributed by atoms with E-state index in [-0.39, 0.29) is 11.7 Å². The summed E-state index contributed by atoms with van der Waals surface area (Å²) < 4.78 is 1.97. The van der Waals surface area contributed by atoms with Crippen LogP contribution >= 0.6 is 23.1 Å². The molecule has 4 aromatic rings. The second-order valence-electron chi connectivity index (χ2n) is 6.84. The standard InChI is InChI=1S/C23H20N4O2S2/c1-15(28)17-10-12-18(13-11-17)24-22(29)16(2)31-23-26-25-21(20-9-6-14-30-20)27(23)19-7-4-3-5-8-19/h3-14,16H,1-2H3,(H,24,29). The number of ketones is 1. The molecule has 0 aliphatic carbocycles. The van der Waals surface area contributed by atoms with E-state index in [9.17, 15) is 9.59 Å². The number of thiophene rings is 1. The number of nitrogens with zero attached hydrogens (tertiary/aromatic N) is 3. The molecular weight excluding hydrogens is 428 g/mol. The molecule has 0 spiro atoms. The maximum absolute atomic E-state index is 12.8. The van der Waals surface area contributed by atoms with E-state index in [0.29, 0.717) is 16.4 Å². The fourth-order valence-corrected chi connectivity index (χ4v) is 4.53. The lowest BCUT2D eigenvalue weighted by atomic mass is 10.1. The number of hydrogen-bond donors (Lipinski definition) is 1. The quantitative estimate of drug-likeness (QED) is 0.306. The molecule has 2 aromatic heterocycles. The summed E-state index contributed by atoms with van der Waals surface area (Å²) in [4.78, 5) is 25.2. The second kappa shape index (κ2) is 9.28. The number of anilines is 1. The third-order valence-corrected chi connectivity index (χ3v) is 6.51. The highest BCUT2D eigenvalue weighted by Crippen LogP contribution is 2.32. The van der Waals surface area contributed by atoms with Gasteiger partial charge in [-0.2, -0.15) is 0 Å². The van der Waals surface area contributed by atoms with Gasteiger partial charge >= 0.3 is 0 Å². The molecule has 0 saturated carbocycles. The lowest BCUT2D eigenvalue weighted by Crippen LogP contribution is -2.23. The van der Waals surface area contributed by atoms with Crippen LogP contribution < -0.4 is 5.32 Å². The highest BCUT2D eigenvalue weighted by atomic mass is 32.2. The minimum absolute atomic E-state index is 0.0106. The summed E-state index contributed by atoms with van der Waals surface area (Å²) in [6.45, 7) is 3.35. The molecule has 2 heterocycles. The number of carbonyl (C=O) groups is 2. The Balaban J connectivity index is 1.56. The summed E-state index contributed by atoms with van der Waals surface area (Å²) in [5.74, 6) is 0.584. The summed E-state index contributed by atoms with van der Waals surface area (Å²) in [5.41, 5.74) is 2.19. The largest absolute Gasteiger partial charge is 0.325 e. The molecule has 0 aliphatic heterocycles. The van der Waals surface area contributed by atoms with E-state index < -0.39 is 5.25 Å². The first-order valence-corrected chi connectivity index (χ1v) is 11.4. The summed E-state index contributed by atoms with van der Waals surface area (Å²) in [5, 5.41) is 13.9. The van der Waals surface area contributed by atoms with Gasteiger partial charge in [-0.3, -0.25) is 14.2 Å². The van der Waals surface area contributed by atoms with Gasteiger partial charge in [0.25, 0.3) is 0 Å². The van der Waals surface area contributed by atoms with E-state index >= 15 is 0 Å². The van der Waals surface area contributed by atoms with Crippen molar-refractivity contribution < 1.29 is 9.59 Å². The van der Waals surface area contributed by atoms with Crippen LogP contribution in [0.25, 0.3) is 16.4 Å². The van der Waals surface area contributed by atoms with Gasteiger partial charge in [0.15, 0.2) is 16.8 Å². The third kappa shape index (κ3) is 4.76. The summed E-state index contributed by atoms with van der Waals surface area (Å²) in [6, 6.07) is 20.7. The Morgan fingerprint density at radius 2 is 1.74 bits per heavy atom. The lowest BCUT2D eigenvalue weighted by Gasteiger charge is -2.14. The smallest absolute Gasteiger partial charge is 0.237 e. The molecule has 0 saturated heterocycles. The Hall–Kier alpha value is -3.23. The van der Waals surface area contributed by atoms with Gasteiger partial charge in [-0.1, -0.05) is 36.0 Å². The first-order valence-electron chi connectivity index (χ1n) is 9.66. The molecule has 0 aliphatic rings. The Morgan fingerprint density at radius 3 is 2.39 bits per heavy atom. The maximum Gasteiger partial charge on any atom is 0.237 e. The molecule has 0 radical (unpaired) electrons. The number of para-hydroxylation sites is 1. The van der Waals surface area contributed by atoms with Gasteiger partial charge < -0.3 is 5.32 Å². The van der Waals surface area contributed by atoms with Crippen LogP contribution in [0.5, 0.6) is 0 Å². The molecule has 1 atom stereocenters. The molecule has 1 N–H and O–H groups in total. The van der Waals surface area contributed by atoms with E-state index in [1.165, 1.54) is 18.7 Å². The number of amides is 1. The number of thioether (sulfide) groups is 1. The Kier molecular flexibility index (Phi) is 6.29. The van der Waals surface area contributed by atoms with Crippen LogP contribution in [-0.2, 0) is 4.79 Å². The van der Waals surface area contributed by atoms with Crippen LogP contribution in [0.1, 0.15) is 24.2 Å². The lowest BCUT2D eigenvalue weighted by molar-refractivity contribution is -0.115.